The molecule has 2 rings (SSSR count). The lowest BCUT2D eigenvalue weighted by Crippen LogP contribution is -2.66. The number of nitrogens with one attached hydrogen (secondary N) is 5. The SMILES string of the molecule is B[C@@](Cc1ccccc1)(NC(=O)[C@@H](CCCNC(=N)N)NC(=O)[C@@H](N)Cc1ccccc1)C(=O)N[C@@H](CCCCN)C(N)=O. The molecule has 0 aromatic heterocycles. The van der Waals surface area contributed by atoms with Crippen molar-refractivity contribution in [3.63, 3.8) is 0 Å². The predicted octanol–water partition coefficient (Wildman–Crippen LogP) is -1.91. The van der Waals surface area contributed by atoms with Gasteiger partial charge in [0.25, 0.3) is 0 Å². The lowest BCUT2D eigenvalue weighted by Gasteiger charge is -2.33. The van der Waals surface area contributed by atoms with Crippen LogP contribution in [0, 0.1) is 5.41 Å². The molecule has 4 amide bonds. The Hall–Kier alpha value is -4.43. The van der Waals surface area contributed by atoms with Gasteiger partial charge in [-0.2, -0.15) is 0 Å². The maximum Gasteiger partial charge on any atom is 0.242 e. The van der Waals surface area contributed by atoms with Gasteiger partial charge in [-0.25, -0.2) is 0 Å². The molecule has 0 fully saturated rings. The molecule has 0 spiro atoms. The van der Waals surface area contributed by atoms with E-state index in [1.165, 1.54) is 0 Å². The van der Waals surface area contributed by atoms with Crippen LogP contribution in [0.1, 0.15) is 43.2 Å². The number of primary amides is 1. The van der Waals surface area contributed by atoms with Crippen LogP contribution in [0.5, 0.6) is 0 Å². The van der Waals surface area contributed by atoms with Crippen molar-refractivity contribution >= 4 is 37.4 Å². The highest BCUT2D eigenvalue weighted by Gasteiger charge is 2.38. The van der Waals surface area contributed by atoms with Crippen molar-refractivity contribution in [3.05, 3.63) is 71.8 Å². The molecule has 0 aliphatic heterocycles. The van der Waals surface area contributed by atoms with Crippen molar-refractivity contribution in [1.82, 2.24) is 21.3 Å². The van der Waals surface area contributed by atoms with Crippen LogP contribution in [-0.2, 0) is 32.0 Å². The van der Waals surface area contributed by atoms with E-state index in [9.17, 15) is 19.2 Å². The topological polar surface area (TPSA) is 244 Å². The number of hydrogen-bond acceptors (Lipinski definition) is 7. The first-order valence-electron chi connectivity index (χ1n) is 14.8. The van der Waals surface area contributed by atoms with E-state index in [4.69, 9.17) is 28.3 Å². The van der Waals surface area contributed by atoms with E-state index in [-0.39, 0.29) is 31.8 Å². The highest BCUT2D eigenvalue weighted by molar-refractivity contribution is 6.30. The normalized spacial score (nSPS) is 14.2. The van der Waals surface area contributed by atoms with Gasteiger partial charge in [0.1, 0.15) is 19.9 Å². The predicted molar refractivity (Wildman–Crippen MR) is 173 cm³/mol. The third-order valence-corrected chi connectivity index (χ3v) is 7.15. The van der Waals surface area contributed by atoms with Gasteiger partial charge in [-0.15, -0.1) is 0 Å². The largest absolute Gasteiger partial charge is 0.370 e. The van der Waals surface area contributed by atoms with E-state index in [2.05, 4.69) is 21.3 Å². The zero-order chi connectivity index (χ0) is 32.5. The molecule has 0 aliphatic carbocycles. The summed E-state index contributed by atoms with van der Waals surface area (Å²) in [5.74, 6) is -2.66. The van der Waals surface area contributed by atoms with Gasteiger partial charge in [-0.05, 0) is 62.6 Å². The third-order valence-electron chi connectivity index (χ3n) is 7.15. The van der Waals surface area contributed by atoms with Crippen molar-refractivity contribution in [2.45, 2.75) is 68.5 Å². The summed E-state index contributed by atoms with van der Waals surface area (Å²) in [7, 11) is 1.56. The second kappa shape index (κ2) is 18.3. The van der Waals surface area contributed by atoms with Crippen LogP contribution in [0.15, 0.2) is 60.7 Å². The molecular formula is C30H46BN9O4. The summed E-state index contributed by atoms with van der Waals surface area (Å²) in [6.07, 6.45) is 2.44. The van der Waals surface area contributed by atoms with Crippen molar-refractivity contribution in [2.24, 2.45) is 22.9 Å². The summed E-state index contributed by atoms with van der Waals surface area (Å²) in [5, 5.41) is 18.3. The van der Waals surface area contributed by atoms with Crippen molar-refractivity contribution < 1.29 is 19.2 Å². The summed E-state index contributed by atoms with van der Waals surface area (Å²) < 4.78 is 0. The van der Waals surface area contributed by atoms with Crippen molar-refractivity contribution in [3.8, 4) is 0 Å². The molecule has 0 heterocycles. The average molecular weight is 608 g/mol. The van der Waals surface area contributed by atoms with Gasteiger partial charge in [-0.3, -0.25) is 24.6 Å². The number of rotatable bonds is 19. The number of guanidine groups is 1. The van der Waals surface area contributed by atoms with E-state index < -0.39 is 47.2 Å². The second-order valence-electron chi connectivity index (χ2n) is 11.0. The lowest BCUT2D eigenvalue weighted by atomic mass is 9.71. The van der Waals surface area contributed by atoms with Crippen LogP contribution >= 0.6 is 0 Å². The quantitative estimate of drug-likeness (QED) is 0.0377. The number of benzene rings is 2. The monoisotopic (exact) mass is 607 g/mol. The van der Waals surface area contributed by atoms with Crippen LogP contribution in [0.4, 0.5) is 0 Å². The molecule has 0 aliphatic rings. The summed E-state index contributed by atoms with van der Waals surface area (Å²) >= 11 is 0. The molecule has 44 heavy (non-hydrogen) atoms. The van der Waals surface area contributed by atoms with Gasteiger partial charge in [0.05, 0.1) is 11.5 Å². The van der Waals surface area contributed by atoms with Gasteiger partial charge in [0, 0.05) is 6.54 Å². The molecule has 238 valence electrons. The number of carbonyl (C=O) groups excluding carboxylic acids is 4. The maximum absolute atomic E-state index is 13.8. The fourth-order valence-corrected chi connectivity index (χ4v) is 4.68. The average Bonchev–Trinajstić information content (AvgIpc) is 2.98. The Labute approximate surface area is 259 Å². The van der Waals surface area contributed by atoms with Gasteiger partial charge in [0.15, 0.2) is 5.96 Å². The van der Waals surface area contributed by atoms with Crippen LogP contribution in [0.3, 0.4) is 0 Å². The van der Waals surface area contributed by atoms with Gasteiger partial charge in [0.2, 0.25) is 23.6 Å². The number of nitrogens with two attached hydrogens (primary N) is 4. The highest BCUT2D eigenvalue weighted by Crippen LogP contribution is 2.14. The Kier molecular flexibility index (Phi) is 14.9. The lowest BCUT2D eigenvalue weighted by molar-refractivity contribution is -0.134. The smallest absolute Gasteiger partial charge is 0.242 e. The van der Waals surface area contributed by atoms with E-state index >= 15 is 0 Å². The molecule has 0 bridgehead atoms. The van der Waals surface area contributed by atoms with Gasteiger partial charge >= 0.3 is 0 Å². The number of carbonyl (C=O) groups is 4. The first kappa shape index (κ1) is 35.8. The van der Waals surface area contributed by atoms with Crippen LogP contribution in [0.25, 0.3) is 0 Å². The number of hydrogen-bond donors (Lipinski definition) is 9. The molecule has 4 atom stereocenters. The molecule has 0 saturated carbocycles. The van der Waals surface area contributed by atoms with E-state index in [0.29, 0.717) is 32.2 Å². The van der Waals surface area contributed by atoms with Crippen LogP contribution in [-0.4, -0.2) is 74.1 Å². The Bertz CT molecular complexity index is 1240. The molecule has 2 aromatic carbocycles. The molecular weight excluding hydrogens is 561 g/mol. The Morgan fingerprint density at radius 1 is 0.818 bits per heavy atom. The first-order valence-corrected chi connectivity index (χ1v) is 14.8. The zero-order valence-electron chi connectivity index (χ0n) is 25.3. The van der Waals surface area contributed by atoms with Gasteiger partial charge in [-0.1, -0.05) is 60.7 Å². The molecule has 13 nitrogen and oxygen atoms in total. The second-order valence-corrected chi connectivity index (χ2v) is 11.0. The summed E-state index contributed by atoms with van der Waals surface area (Å²) in [6.45, 7) is 0.723. The summed E-state index contributed by atoms with van der Waals surface area (Å²) in [5.41, 5.74) is 22.8. The number of amides is 4. The minimum Gasteiger partial charge on any atom is -0.370 e. The molecule has 13 N–H and O–H groups in total. The Morgan fingerprint density at radius 2 is 1.41 bits per heavy atom. The number of unbranched alkanes of at least 4 members (excludes halogenated alkanes) is 1. The standard InChI is InChI=1S/C30H46BN9O4/c31-30(19-21-12-5-2-6-13-21,28(44)39-23(25(34)41)14-7-8-16-32)40-27(43)24(15-9-17-37-29(35)36)38-26(42)22(33)18-20-10-3-1-4-11-20/h1-6,10-13,22-24H,7-9,14-19,31-33H2,(H2,34,41)(H,38,42)(H,39,44)(H,40,43)(H4,35,36,37)/t22-,23-,24+,30-/m0/s1. The fourth-order valence-electron chi connectivity index (χ4n) is 4.68. The molecule has 0 unspecified atom stereocenters. The van der Waals surface area contributed by atoms with Crippen LogP contribution in [0.2, 0.25) is 0 Å². The highest BCUT2D eigenvalue weighted by atomic mass is 16.2. The third kappa shape index (κ3) is 12.4. The molecule has 2 aromatic rings. The molecule has 0 saturated heterocycles. The van der Waals surface area contributed by atoms with Crippen LogP contribution < -0.4 is 44.2 Å². The fraction of sp³-hybridized carbons (Fsp3) is 0.433. The summed E-state index contributed by atoms with van der Waals surface area (Å²) in [6, 6.07) is 15.4. The minimum absolute atomic E-state index is 0.0970. The minimum atomic E-state index is -1.52. The van der Waals surface area contributed by atoms with Crippen molar-refractivity contribution in [2.75, 3.05) is 13.1 Å². The molecule has 0 radical (unpaired) electrons. The van der Waals surface area contributed by atoms with E-state index in [0.717, 1.165) is 11.1 Å². The molecule has 14 heteroatoms. The first-order chi connectivity index (χ1) is 20.9. The Morgan fingerprint density at radius 3 is 1.98 bits per heavy atom. The van der Waals surface area contributed by atoms with Crippen molar-refractivity contribution in [1.29, 1.82) is 5.41 Å². The maximum atomic E-state index is 13.8. The van der Waals surface area contributed by atoms with E-state index in [1.54, 1.807) is 7.85 Å². The zero-order valence-corrected chi connectivity index (χ0v) is 25.3. The van der Waals surface area contributed by atoms with Gasteiger partial charge < -0.3 is 44.2 Å². The Balaban J connectivity index is 2.28. The summed E-state index contributed by atoms with van der Waals surface area (Å²) in [4.78, 5) is 52.8. The van der Waals surface area contributed by atoms with E-state index in [1.807, 2.05) is 60.7 Å².